The van der Waals surface area contributed by atoms with E-state index in [2.05, 4.69) is 9.99 Å². The lowest BCUT2D eigenvalue weighted by atomic mass is 10.0. The van der Waals surface area contributed by atoms with E-state index < -0.39 is 23.7 Å². The normalized spacial score (nSPS) is 11.8. The molecule has 0 amide bonds. The Hall–Kier alpha value is -3.68. The zero-order valence-electron chi connectivity index (χ0n) is 15.4. The highest BCUT2D eigenvalue weighted by Gasteiger charge is 2.39. The van der Waals surface area contributed by atoms with Crippen LogP contribution in [0.4, 0.5) is 17.6 Å². The second-order valence-corrected chi connectivity index (χ2v) is 6.08. The minimum absolute atomic E-state index is 0.0655. The molecule has 0 radical (unpaired) electrons. The van der Waals surface area contributed by atoms with Crippen molar-refractivity contribution in [3.63, 3.8) is 0 Å². The van der Waals surface area contributed by atoms with Gasteiger partial charge in [-0.1, -0.05) is 47.6 Å². The van der Waals surface area contributed by atoms with Gasteiger partial charge < -0.3 is 9.57 Å². The predicted octanol–water partition coefficient (Wildman–Crippen LogP) is 5.53. The van der Waals surface area contributed by atoms with E-state index in [0.717, 1.165) is 0 Å². The van der Waals surface area contributed by atoms with Gasteiger partial charge in [-0.15, -0.1) is 0 Å². The van der Waals surface area contributed by atoms with Crippen molar-refractivity contribution in [1.29, 1.82) is 0 Å². The number of carbonyl (C=O) groups excluding carboxylic acids is 1. The summed E-state index contributed by atoms with van der Waals surface area (Å²) in [5.74, 6) is -1.20. The topological polar surface area (TPSA) is 47.9 Å². The van der Waals surface area contributed by atoms with Gasteiger partial charge in [0.2, 0.25) is 0 Å². The average Bonchev–Trinajstić information content (AvgIpc) is 2.74. The third-order valence-electron chi connectivity index (χ3n) is 3.98. The van der Waals surface area contributed by atoms with Gasteiger partial charge in [0.25, 0.3) is 0 Å². The molecule has 30 heavy (non-hydrogen) atoms. The van der Waals surface area contributed by atoms with Crippen LogP contribution in [0.1, 0.15) is 21.5 Å². The summed E-state index contributed by atoms with van der Waals surface area (Å²) in [7, 11) is 0. The molecular formula is C22H15F4NO3. The number of alkyl halides is 3. The van der Waals surface area contributed by atoms with Gasteiger partial charge in [0, 0.05) is 5.56 Å². The molecule has 154 valence electrons. The third kappa shape index (κ3) is 5.44. The number of nitrogens with zero attached hydrogens (tertiary/aromatic N) is 1. The fourth-order valence-corrected chi connectivity index (χ4v) is 2.54. The van der Waals surface area contributed by atoms with Crippen molar-refractivity contribution in [3.05, 3.63) is 101 Å². The summed E-state index contributed by atoms with van der Waals surface area (Å²) in [5, 5.41) is 3.11. The Balaban J connectivity index is 1.85. The van der Waals surface area contributed by atoms with Crippen molar-refractivity contribution in [3.8, 4) is 5.75 Å². The first-order chi connectivity index (χ1) is 14.3. The predicted molar refractivity (Wildman–Crippen MR) is 102 cm³/mol. The van der Waals surface area contributed by atoms with Crippen LogP contribution in [-0.4, -0.2) is 17.9 Å². The maximum atomic E-state index is 13.6. The van der Waals surface area contributed by atoms with Crippen LogP contribution in [0.2, 0.25) is 0 Å². The molecule has 3 aromatic carbocycles. The summed E-state index contributed by atoms with van der Waals surface area (Å²) < 4.78 is 59.4. The molecular weight excluding hydrogens is 402 g/mol. The monoisotopic (exact) mass is 417 g/mol. The second kappa shape index (κ2) is 9.21. The molecule has 0 aliphatic heterocycles. The van der Waals surface area contributed by atoms with Gasteiger partial charge in [0.15, 0.2) is 5.71 Å². The minimum Gasteiger partial charge on any atom is -0.489 e. The lowest BCUT2D eigenvalue weighted by molar-refractivity contribution is -0.0605. The number of ether oxygens (including phenoxy) is 1. The summed E-state index contributed by atoms with van der Waals surface area (Å²) >= 11 is 0. The minimum atomic E-state index is -4.89. The molecule has 0 saturated carbocycles. The van der Waals surface area contributed by atoms with Crippen molar-refractivity contribution in [2.45, 2.75) is 12.8 Å². The molecule has 3 rings (SSSR count). The van der Waals surface area contributed by atoms with Crippen molar-refractivity contribution in [2.75, 3.05) is 0 Å². The Labute approximate surface area is 169 Å². The highest BCUT2D eigenvalue weighted by molar-refractivity contribution is 6.05. The van der Waals surface area contributed by atoms with Crippen molar-refractivity contribution >= 4 is 11.7 Å². The molecule has 0 aliphatic rings. The van der Waals surface area contributed by atoms with E-state index in [4.69, 9.17) is 4.74 Å². The van der Waals surface area contributed by atoms with E-state index in [1.54, 1.807) is 18.2 Å². The molecule has 0 fully saturated rings. The Morgan fingerprint density at radius 1 is 0.867 bits per heavy atom. The highest BCUT2D eigenvalue weighted by atomic mass is 19.4. The van der Waals surface area contributed by atoms with Gasteiger partial charge >= 0.3 is 12.1 Å². The summed E-state index contributed by atoms with van der Waals surface area (Å²) in [6.07, 6.45) is -4.89. The van der Waals surface area contributed by atoms with Crippen LogP contribution < -0.4 is 4.74 Å². The Bertz CT molecular complexity index is 1030. The molecule has 3 aromatic rings. The SMILES string of the molecule is O=C(O/N=C(/c1ccccc1COc1ccc(F)cc1)C(F)(F)F)c1ccccc1. The van der Waals surface area contributed by atoms with Crippen molar-refractivity contribution < 1.29 is 31.9 Å². The molecule has 0 atom stereocenters. The first-order valence-electron chi connectivity index (χ1n) is 8.73. The Kier molecular flexibility index (Phi) is 6.46. The van der Waals surface area contributed by atoms with Gasteiger partial charge in [-0.25, -0.2) is 9.18 Å². The lowest BCUT2D eigenvalue weighted by Gasteiger charge is -2.15. The van der Waals surface area contributed by atoms with E-state index in [1.807, 2.05) is 0 Å². The van der Waals surface area contributed by atoms with E-state index in [9.17, 15) is 22.4 Å². The number of oxime groups is 1. The maximum Gasteiger partial charge on any atom is 0.437 e. The molecule has 8 heteroatoms. The zero-order chi connectivity index (χ0) is 21.6. The molecule has 0 spiro atoms. The summed E-state index contributed by atoms with van der Waals surface area (Å²) in [4.78, 5) is 16.5. The molecule has 0 aliphatic carbocycles. The highest BCUT2D eigenvalue weighted by Crippen LogP contribution is 2.26. The number of benzene rings is 3. The molecule has 4 nitrogen and oxygen atoms in total. The molecule has 0 unspecified atom stereocenters. The molecule has 0 aromatic heterocycles. The first kappa shape index (κ1) is 21.0. The number of rotatable bonds is 6. The molecule has 0 heterocycles. The summed E-state index contributed by atoms with van der Waals surface area (Å²) in [6, 6.07) is 18.2. The summed E-state index contributed by atoms with van der Waals surface area (Å²) in [5.41, 5.74) is -1.44. The van der Waals surface area contributed by atoms with Gasteiger partial charge in [-0.3, -0.25) is 0 Å². The van der Waals surface area contributed by atoms with Gasteiger partial charge in [-0.05, 0) is 42.0 Å². The molecule has 0 saturated heterocycles. The van der Waals surface area contributed by atoms with Crippen LogP contribution in [-0.2, 0) is 11.4 Å². The summed E-state index contributed by atoms with van der Waals surface area (Å²) in [6.45, 7) is -0.233. The maximum absolute atomic E-state index is 13.6. The van der Waals surface area contributed by atoms with Gasteiger partial charge in [0.1, 0.15) is 18.2 Å². The third-order valence-corrected chi connectivity index (χ3v) is 3.98. The van der Waals surface area contributed by atoms with E-state index in [0.29, 0.717) is 0 Å². The largest absolute Gasteiger partial charge is 0.489 e. The number of halogens is 4. The van der Waals surface area contributed by atoms with E-state index in [1.165, 1.54) is 60.7 Å². The van der Waals surface area contributed by atoms with Crippen LogP contribution in [0.5, 0.6) is 5.75 Å². The fourth-order valence-electron chi connectivity index (χ4n) is 2.54. The first-order valence-corrected chi connectivity index (χ1v) is 8.73. The average molecular weight is 417 g/mol. The Morgan fingerprint density at radius 3 is 2.17 bits per heavy atom. The quantitative estimate of drug-likeness (QED) is 0.229. The van der Waals surface area contributed by atoms with Crippen molar-refractivity contribution in [2.24, 2.45) is 5.16 Å². The number of hydrogen-bond donors (Lipinski definition) is 0. The lowest BCUT2D eigenvalue weighted by Crippen LogP contribution is -2.26. The number of hydrogen-bond acceptors (Lipinski definition) is 4. The smallest absolute Gasteiger partial charge is 0.437 e. The van der Waals surface area contributed by atoms with Crippen LogP contribution in [0, 0.1) is 5.82 Å². The van der Waals surface area contributed by atoms with Crippen LogP contribution in [0.15, 0.2) is 84.0 Å². The van der Waals surface area contributed by atoms with E-state index in [-0.39, 0.29) is 29.0 Å². The van der Waals surface area contributed by atoms with Crippen LogP contribution in [0.25, 0.3) is 0 Å². The zero-order valence-corrected chi connectivity index (χ0v) is 15.4. The van der Waals surface area contributed by atoms with Gasteiger partial charge in [0.05, 0.1) is 5.56 Å². The van der Waals surface area contributed by atoms with Crippen LogP contribution >= 0.6 is 0 Å². The molecule has 0 bridgehead atoms. The second-order valence-electron chi connectivity index (χ2n) is 6.08. The van der Waals surface area contributed by atoms with Crippen LogP contribution in [0.3, 0.4) is 0 Å². The standard InChI is InChI=1S/C22H15F4NO3/c23-17-10-12-18(13-11-17)29-14-16-8-4-5-9-19(16)20(22(24,25)26)27-30-21(28)15-6-2-1-3-7-15/h1-13H,14H2/b27-20-. The van der Waals surface area contributed by atoms with Gasteiger partial charge in [-0.2, -0.15) is 13.2 Å². The number of carbonyl (C=O) groups is 1. The van der Waals surface area contributed by atoms with Crippen molar-refractivity contribution in [1.82, 2.24) is 0 Å². The van der Waals surface area contributed by atoms with E-state index >= 15 is 0 Å². The molecule has 0 N–H and O–H groups in total. The Morgan fingerprint density at radius 2 is 1.50 bits per heavy atom. The fraction of sp³-hybridized carbons (Fsp3) is 0.0909.